The van der Waals surface area contributed by atoms with E-state index < -0.39 is 5.54 Å². The Hall–Kier alpha value is -2.15. The van der Waals surface area contributed by atoms with Gasteiger partial charge in [-0.3, -0.25) is 9.69 Å². The molecule has 2 aliphatic heterocycles. The molecule has 1 aromatic heterocycles. The maximum absolute atomic E-state index is 12.8. The third-order valence-corrected chi connectivity index (χ3v) is 4.58. The maximum Gasteiger partial charge on any atom is 0.327 e. The second kappa shape index (κ2) is 5.57. The summed E-state index contributed by atoms with van der Waals surface area (Å²) in [5.41, 5.74) is 0.129. The average molecular weight is 304 g/mol. The number of carbonyl (C=O) groups excluding carboxylic acids is 2. The Labute approximate surface area is 129 Å². The van der Waals surface area contributed by atoms with Gasteiger partial charge in [-0.1, -0.05) is 6.07 Å². The fourth-order valence-electron chi connectivity index (χ4n) is 3.18. The molecule has 0 aromatic carbocycles. The first-order valence-electron chi connectivity index (χ1n) is 7.38. The van der Waals surface area contributed by atoms with Crippen LogP contribution in [0.1, 0.15) is 18.4 Å². The summed E-state index contributed by atoms with van der Waals surface area (Å²) in [6.07, 6.45) is 2.95. The molecule has 1 spiro atoms. The van der Waals surface area contributed by atoms with Crippen molar-refractivity contribution >= 4 is 11.9 Å². The summed E-state index contributed by atoms with van der Waals surface area (Å²) in [6, 6.07) is 3.31. The van der Waals surface area contributed by atoms with Crippen molar-refractivity contribution in [2.45, 2.75) is 24.9 Å². The van der Waals surface area contributed by atoms with Crippen LogP contribution in [0, 0.1) is 0 Å². The number of nitrogens with zero attached hydrogens (tertiary/aromatic N) is 3. The maximum atomic E-state index is 12.8. The molecule has 0 saturated carbocycles. The van der Waals surface area contributed by atoms with Crippen LogP contribution >= 0.6 is 0 Å². The van der Waals surface area contributed by atoms with Crippen LogP contribution in [-0.4, -0.2) is 59.5 Å². The summed E-state index contributed by atoms with van der Waals surface area (Å²) < 4.78 is 5.01. The SMILES string of the molecule is COc1ccc(CN2C(=O)N(C)C3(CCNCC3)C2=O)cn1. The van der Waals surface area contributed by atoms with Gasteiger partial charge in [-0.15, -0.1) is 0 Å². The quantitative estimate of drug-likeness (QED) is 0.828. The molecule has 1 aromatic rings. The summed E-state index contributed by atoms with van der Waals surface area (Å²) in [6.45, 7) is 1.75. The van der Waals surface area contributed by atoms with Crippen molar-refractivity contribution in [3.8, 4) is 5.88 Å². The molecule has 2 aliphatic rings. The molecule has 2 saturated heterocycles. The number of likely N-dealkylation sites (N-methyl/N-ethyl adjacent to an activating group) is 1. The molecule has 0 unspecified atom stereocenters. The highest BCUT2D eigenvalue weighted by atomic mass is 16.5. The molecular weight excluding hydrogens is 284 g/mol. The highest BCUT2D eigenvalue weighted by molar-refractivity contribution is 6.06. The second-order valence-electron chi connectivity index (χ2n) is 5.72. The smallest absolute Gasteiger partial charge is 0.327 e. The van der Waals surface area contributed by atoms with Gasteiger partial charge in [-0.05, 0) is 31.5 Å². The van der Waals surface area contributed by atoms with E-state index in [0.29, 0.717) is 18.7 Å². The Morgan fingerprint density at radius 2 is 2.05 bits per heavy atom. The number of aromatic nitrogens is 1. The number of pyridine rings is 1. The molecule has 22 heavy (non-hydrogen) atoms. The molecule has 0 radical (unpaired) electrons. The van der Waals surface area contributed by atoms with Crippen molar-refractivity contribution in [1.29, 1.82) is 0 Å². The fourth-order valence-corrected chi connectivity index (χ4v) is 3.18. The molecule has 3 rings (SSSR count). The van der Waals surface area contributed by atoms with Crippen LogP contribution in [0.5, 0.6) is 5.88 Å². The number of piperidine rings is 1. The molecule has 2 fully saturated rings. The van der Waals surface area contributed by atoms with Gasteiger partial charge in [0.15, 0.2) is 0 Å². The fraction of sp³-hybridized carbons (Fsp3) is 0.533. The molecule has 0 atom stereocenters. The molecule has 7 nitrogen and oxygen atoms in total. The van der Waals surface area contributed by atoms with Crippen molar-refractivity contribution < 1.29 is 14.3 Å². The summed E-state index contributed by atoms with van der Waals surface area (Å²) >= 11 is 0. The normalized spacial score (nSPS) is 20.8. The minimum absolute atomic E-state index is 0.0997. The molecule has 0 aliphatic carbocycles. The number of methoxy groups -OCH3 is 1. The zero-order valence-electron chi connectivity index (χ0n) is 12.8. The first-order chi connectivity index (χ1) is 10.6. The number of nitrogens with one attached hydrogen (secondary N) is 1. The third-order valence-electron chi connectivity index (χ3n) is 4.58. The van der Waals surface area contributed by atoms with Crippen LogP contribution in [-0.2, 0) is 11.3 Å². The molecule has 3 heterocycles. The monoisotopic (exact) mass is 304 g/mol. The van der Waals surface area contributed by atoms with Crippen LogP contribution in [0.4, 0.5) is 4.79 Å². The van der Waals surface area contributed by atoms with Gasteiger partial charge in [0, 0.05) is 19.3 Å². The number of ether oxygens (including phenoxy) is 1. The summed E-state index contributed by atoms with van der Waals surface area (Å²) in [7, 11) is 3.27. The van der Waals surface area contributed by atoms with Gasteiger partial charge in [0.05, 0.1) is 13.7 Å². The molecule has 3 amide bonds. The van der Waals surface area contributed by atoms with Crippen LogP contribution in [0.3, 0.4) is 0 Å². The van der Waals surface area contributed by atoms with Crippen LogP contribution < -0.4 is 10.1 Å². The van der Waals surface area contributed by atoms with E-state index in [2.05, 4.69) is 10.3 Å². The number of imide groups is 1. The number of hydrogen-bond donors (Lipinski definition) is 1. The lowest BCUT2D eigenvalue weighted by Gasteiger charge is -2.36. The minimum Gasteiger partial charge on any atom is -0.481 e. The van der Waals surface area contributed by atoms with Crippen molar-refractivity contribution in [3.63, 3.8) is 0 Å². The predicted molar refractivity (Wildman–Crippen MR) is 79.3 cm³/mol. The lowest BCUT2D eigenvalue weighted by atomic mass is 9.87. The van der Waals surface area contributed by atoms with Crippen LogP contribution in [0.2, 0.25) is 0 Å². The Bertz CT molecular complexity index is 581. The van der Waals surface area contributed by atoms with Crippen molar-refractivity contribution in [2.24, 2.45) is 0 Å². The highest BCUT2D eigenvalue weighted by Crippen LogP contribution is 2.35. The lowest BCUT2D eigenvalue weighted by molar-refractivity contribution is -0.134. The number of urea groups is 1. The predicted octanol–water partition coefficient (Wildman–Crippen LogP) is 0.606. The number of carbonyl (C=O) groups is 2. The standard InChI is InChI=1S/C15H20N4O3/c1-18-14(21)19(10-11-3-4-12(22-2)17-9-11)13(20)15(18)5-7-16-8-6-15/h3-4,9,16H,5-8,10H2,1-2H3. The van der Waals surface area contributed by atoms with E-state index >= 15 is 0 Å². The second-order valence-corrected chi connectivity index (χ2v) is 5.72. The van der Waals surface area contributed by atoms with Gasteiger partial charge in [0.1, 0.15) is 5.54 Å². The Morgan fingerprint density at radius 1 is 1.32 bits per heavy atom. The lowest BCUT2D eigenvalue weighted by Crippen LogP contribution is -2.54. The first-order valence-corrected chi connectivity index (χ1v) is 7.38. The number of hydrogen-bond acceptors (Lipinski definition) is 5. The van der Waals surface area contributed by atoms with Gasteiger partial charge >= 0.3 is 6.03 Å². The van der Waals surface area contributed by atoms with E-state index in [0.717, 1.165) is 18.7 Å². The van der Waals surface area contributed by atoms with Crippen LogP contribution in [0.25, 0.3) is 0 Å². The van der Waals surface area contributed by atoms with Gasteiger partial charge in [-0.2, -0.15) is 0 Å². The Balaban J connectivity index is 1.81. The van der Waals surface area contributed by atoms with E-state index in [1.165, 1.54) is 4.90 Å². The molecular formula is C15H20N4O3. The van der Waals surface area contributed by atoms with Crippen molar-refractivity contribution in [2.75, 3.05) is 27.2 Å². The molecule has 1 N–H and O–H groups in total. The molecule has 7 heteroatoms. The van der Waals surface area contributed by atoms with Gasteiger partial charge in [-0.25, -0.2) is 9.78 Å². The average Bonchev–Trinajstić information content (AvgIpc) is 2.73. The minimum atomic E-state index is -0.678. The third kappa shape index (κ3) is 2.21. The first kappa shape index (κ1) is 14.8. The van der Waals surface area contributed by atoms with Crippen molar-refractivity contribution in [3.05, 3.63) is 23.9 Å². The summed E-state index contributed by atoms with van der Waals surface area (Å²) in [5.74, 6) is 0.409. The van der Waals surface area contributed by atoms with E-state index in [1.807, 2.05) is 6.07 Å². The van der Waals surface area contributed by atoms with E-state index in [1.54, 1.807) is 31.3 Å². The summed E-state index contributed by atoms with van der Waals surface area (Å²) in [4.78, 5) is 32.4. The van der Waals surface area contributed by atoms with Gasteiger partial charge in [0.25, 0.3) is 5.91 Å². The van der Waals surface area contributed by atoms with E-state index in [-0.39, 0.29) is 18.5 Å². The van der Waals surface area contributed by atoms with Crippen LogP contribution in [0.15, 0.2) is 18.3 Å². The zero-order chi connectivity index (χ0) is 15.7. The van der Waals surface area contributed by atoms with E-state index in [4.69, 9.17) is 4.74 Å². The summed E-state index contributed by atoms with van der Waals surface area (Å²) in [5, 5.41) is 3.24. The van der Waals surface area contributed by atoms with Gasteiger partial charge in [0.2, 0.25) is 5.88 Å². The van der Waals surface area contributed by atoms with Gasteiger partial charge < -0.3 is 15.0 Å². The Morgan fingerprint density at radius 3 is 2.64 bits per heavy atom. The number of rotatable bonds is 3. The zero-order valence-corrected chi connectivity index (χ0v) is 12.8. The topological polar surface area (TPSA) is 74.8 Å². The molecule has 0 bridgehead atoms. The highest BCUT2D eigenvalue weighted by Gasteiger charge is 2.55. The largest absolute Gasteiger partial charge is 0.481 e. The van der Waals surface area contributed by atoms with E-state index in [9.17, 15) is 9.59 Å². The Kier molecular flexibility index (Phi) is 3.74. The molecule has 118 valence electrons. The van der Waals surface area contributed by atoms with Crippen molar-refractivity contribution in [1.82, 2.24) is 20.1 Å². The number of amides is 3.